The van der Waals surface area contributed by atoms with Crippen molar-refractivity contribution in [3.8, 4) is 0 Å². The summed E-state index contributed by atoms with van der Waals surface area (Å²) in [7, 11) is 0. The second-order valence-corrected chi connectivity index (χ2v) is 4.20. The summed E-state index contributed by atoms with van der Waals surface area (Å²) in [6.07, 6.45) is 4.30. The highest BCUT2D eigenvalue weighted by atomic mass is 16.4. The van der Waals surface area contributed by atoms with Crippen molar-refractivity contribution >= 4 is 5.97 Å². The number of carboxylic acid groups (broad SMARTS) is 1. The molecule has 1 saturated heterocycles. The first-order valence-electron chi connectivity index (χ1n) is 5.48. The zero-order chi connectivity index (χ0) is 10.1. The summed E-state index contributed by atoms with van der Waals surface area (Å²) >= 11 is 0. The molecule has 1 heterocycles. The van der Waals surface area contributed by atoms with Gasteiger partial charge in [-0.2, -0.15) is 0 Å². The second-order valence-electron chi connectivity index (χ2n) is 4.20. The first-order chi connectivity index (χ1) is 6.74. The standard InChI is InChI=1S/C10H18N2O2/c1-2-12-8-6-4-3-5-7(8)11-9(12)10(13)14/h7-9,11H,2-6H2,1H3,(H,13,14). The van der Waals surface area contributed by atoms with E-state index in [1.807, 2.05) is 6.92 Å². The topological polar surface area (TPSA) is 52.6 Å². The fourth-order valence-corrected chi connectivity index (χ4v) is 2.82. The van der Waals surface area contributed by atoms with Crippen LogP contribution >= 0.6 is 0 Å². The van der Waals surface area contributed by atoms with Gasteiger partial charge in [-0.3, -0.25) is 10.2 Å². The van der Waals surface area contributed by atoms with Gasteiger partial charge in [-0.05, 0) is 19.4 Å². The molecule has 2 aliphatic rings. The Hall–Kier alpha value is -0.610. The highest BCUT2D eigenvalue weighted by Crippen LogP contribution is 2.29. The fraction of sp³-hybridized carbons (Fsp3) is 0.900. The summed E-state index contributed by atoms with van der Waals surface area (Å²) in [6.45, 7) is 2.86. The van der Waals surface area contributed by atoms with E-state index in [9.17, 15) is 4.79 Å². The molecule has 2 rings (SSSR count). The van der Waals surface area contributed by atoms with Crippen LogP contribution in [0.25, 0.3) is 0 Å². The summed E-state index contributed by atoms with van der Waals surface area (Å²) in [5.74, 6) is -0.735. The Bertz CT molecular complexity index is 232. The molecule has 0 aromatic carbocycles. The van der Waals surface area contributed by atoms with Gasteiger partial charge in [0, 0.05) is 12.1 Å². The molecule has 1 aliphatic carbocycles. The maximum atomic E-state index is 11.0. The number of carboxylic acids is 1. The number of likely N-dealkylation sites (N-methyl/N-ethyl adjacent to an activating group) is 1. The van der Waals surface area contributed by atoms with Crippen LogP contribution in [0.4, 0.5) is 0 Å². The van der Waals surface area contributed by atoms with Gasteiger partial charge in [-0.15, -0.1) is 0 Å². The third-order valence-electron chi connectivity index (χ3n) is 3.46. The third-order valence-corrected chi connectivity index (χ3v) is 3.46. The summed E-state index contributed by atoms with van der Waals surface area (Å²) in [4.78, 5) is 13.1. The number of aliphatic carboxylic acids is 1. The molecule has 14 heavy (non-hydrogen) atoms. The lowest BCUT2D eigenvalue weighted by Crippen LogP contribution is -2.44. The van der Waals surface area contributed by atoms with E-state index in [4.69, 9.17) is 5.11 Å². The minimum absolute atomic E-state index is 0.407. The average Bonchev–Trinajstić information content (AvgIpc) is 2.56. The Morgan fingerprint density at radius 1 is 1.50 bits per heavy atom. The van der Waals surface area contributed by atoms with E-state index < -0.39 is 12.1 Å². The van der Waals surface area contributed by atoms with Crippen LogP contribution < -0.4 is 5.32 Å². The molecule has 0 amide bonds. The Labute approximate surface area is 84.3 Å². The van der Waals surface area contributed by atoms with Gasteiger partial charge in [0.15, 0.2) is 6.17 Å². The molecule has 80 valence electrons. The van der Waals surface area contributed by atoms with Crippen LogP contribution in [0, 0.1) is 0 Å². The van der Waals surface area contributed by atoms with Crippen LogP contribution in [0.15, 0.2) is 0 Å². The molecule has 4 nitrogen and oxygen atoms in total. The minimum atomic E-state index is -0.735. The number of fused-ring (bicyclic) bond motifs is 1. The summed E-state index contributed by atoms with van der Waals surface area (Å²) < 4.78 is 0. The van der Waals surface area contributed by atoms with Gasteiger partial charge in [0.25, 0.3) is 0 Å². The number of nitrogens with zero attached hydrogens (tertiary/aromatic N) is 1. The van der Waals surface area contributed by atoms with Gasteiger partial charge in [0.05, 0.1) is 0 Å². The van der Waals surface area contributed by atoms with Crippen LogP contribution in [0.1, 0.15) is 32.6 Å². The normalized spacial score (nSPS) is 38.2. The molecule has 4 heteroatoms. The van der Waals surface area contributed by atoms with Gasteiger partial charge in [-0.25, -0.2) is 4.79 Å². The van der Waals surface area contributed by atoms with Crippen molar-refractivity contribution in [3.05, 3.63) is 0 Å². The van der Waals surface area contributed by atoms with E-state index in [0.29, 0.717) is 12.1 Å². The molecule has 0 aromatic heterocycles. The molecule has 3 unspecified atom stereocenters. The number of nitrogens with one attached hydrogen (secondary N) is 1. The van der Waals surface area contributed by atoms with Crippen LogP contribution in [0.5, 0.6) is 0 Å². The fourth-order valence-electron chi connectivity index (χ4n) is 2.82. The monoisotopic (exact) mass is 198 g/mol. The average molecular weight is 198 g/mol. The van der Waals surface area contributed by atoms with Crippen molar-refractivity contribution in [2.45, 2.75) is 50.9 Å². The SMILES string of the molecule is CCN1C(C(=O)O)NC2CCCCC21. The van der Waals surface area contributed by atoms with Crippen molar-refractivity contribution in [1.29, 1.82) is 0 Å². The first kappa shape index (κ1) is 9.93. The van der Waals surface area contributed by atoms with Crippen LogP contribution in [-0.2, 0) is 4.79 Å². The Kier molecular flexibility index (Phi) is 2.74. The molecule has 0 bridgehead atoms. The molecule has 1 aliphatic heterocycles. The molecule has 2 fully saturated rings. The molecule has 0 spiro atoms. The van der Waals surface area contributed by atoms with Crippen molar-refractivity contribution in [2.24, 2.45) is 0 Å². The van der Waals surface area contributed by atoms with Crippen molar-refractivity contribution in [1.82, 2.24) is 10.2 Å². The van der Waals surface area contributed by atoms with Gasteiger partial charge < -0.3 is 5.11 Å². The quantitative estimate of drug-likeness (QED) is 0.683. The molecule has 0 radical (unpaired) electrons. The summed E-state index contributed by atoms with van der Waals surface area (Å²) in [5, 5.41) is 12.3. The second kappa shape index (κ2) is 3.87. The molecule has 1 saturated carbocycles. The maximum Gasteiger partial charge on any atom is 0.335 e. The van der Waals surface area contributed by atoms with E-state index in [1.54, 1.807) is 0 Å². The van der Waals surface area contributed by atoms with E-state index >= 15 is 0 Å². The first-order valence-corrected chi connectivity index (χ1v) is 5.48. The Morgan fingerprint density at radius 2 is 2.21 bits per heavy atom. The van der Waals surface area contributed by atoms with Gasteiger partial charge >= 0.3 is 5.97 Å². The summed E-state index contributed by atoms with van der Waals surface area (Å²) in [5.41, 5.74) is 0. The van der Waals surface area contributed by atoms with E-state index in [-0.39, 0.29) is 0 Å². The van der Waals surface area contributed by atoms with E-state index in [1.165, 1.54) is 12.8 Å². The minimum Gasteiger partial charge on any atom is -0.479 e. The molecular formula is C10H18N2O2. The predicted octanol–water partition coefficient (Wildman–Crippen LogP) is 0.633. The lowest BCUT2D eigenvalue weighted by atomic mass is 9.91. The molecule has 0 aromatic rings. The van der Waals surface area contributed by atoms with Crippen LogP contribution in [0.2, 0.25) is 0 Å². The van der Waals surface area contributed by atoms with Crippen LogP contribution in [-0.4, -0.2) is 40.8 Å². The highest BCUT2D eigenvalue weighted by molar-refractivity contribution is 5.73. The van der Waals surface area contributed by atoms with E-state index in [2.05, 4.69) is 10.2 Å². The number of rotatable bonds is 2. The van der Waals surface area contributed by atoms with Crippen LogP contribution in [0.3, 0.4) is 0 Å². The lowest BCUT2D eigenvalue weighted by molar-refractivity contribution is -0.143. The third kappa shape index (κ3) is 1.53. The molecular weight excluding hydrogens is 180 g/mol. The smallest absolute Gasteiger partial charge is 0.335 e. The zero-order valence-corrected chi connectivity index (χ0v) is 8.57. The molecule has 2 N–H and O–H groups in total. The highest BCUT2D eigenvalue weighted by Gasteiger charge is 2.43. The van der Waals surface area contributed by atoms with E-state index in [0.717, 1.165) is 19.4 Å². The Balaban J connectivity index is 2.12. The van der Waals surface area contributed by atoms with Gasteiger partial charge in [-0.1, -0.05) is 19.8 Å². The number of carbonyl (C=O) groups is 1. The largest absolute Gasteiger partial charge is 0.479 e. The lowest BCUT2D eigenvalue weighted by Gasteiger charge is -2.30. The van der Waals surface area contributed by atoms with Crippen molar-refractivity contribution in [2.75, 3.05) is 6.54 Å². The van der Waals surface area contributed by atoms with Crippen molar-refractivity contribution < 1.29 is 9.90 Å². The van der Waals surface area contributed by atoms with Gasteiger partial charge in [0.1, 0.15) is 0 Å². The van der Waals surface area contributed by atoms with Crippen molar-refractivity contribution in [3.63, 3.8) is 0 Å². The van der Waals surface area contributed by atoms with Gasteiger partial charge in [0.2, 0.25) is 0 Å². The Morgan fingerprint density at radius 3 is 2.86 bits per heavy atom. The number of hydrogen-bond donors (Lipinski definition) is 2. The number of hydrogen-bond acceptors (Lipinski definition) is 3. The zero-order valence-electron chi connectivity index (χ0n) is 8.57. The molecule has 3 atom stereocenters. The maximum absolute atomic E-state index is 11.0. The summed E-state index contributed by atoms with van der Waals surface area (Å²) in [6, 6.07) is 0.861. The predicted molar refractivity (Wildman–Crippen MR) is 53.0 cm³/mol.